The predicted octanol–water partition coefficient (Wildman–Crippen LogP) is 1.16. The molecule has 0 radical (unpaired) electrons. The average molecular weight is 191 g/mol. The normalized spacial score (nSPS) is 17.2. The van der Waals surface area contributed by atoms with Crippen molar-refractivity contribution in [2.24, 2.45) is 0 Å². The van der Waals surface area contributed by atoms with Gasteiger partial charge < -0.3 is 9.72 Å². The van der Waals surface area contributed by atoms with Crippen molar-refractivity contribution in [3.8, 4) is 0 Å². The highest BCUT2D eigenvalue weighted by molar-refractivity contribution is 5.42. The van der Waals surface area contributed by atoms with Gasteiger partial charge in [-0.25, -0.2) is 9.37 Å². The third kappa shape index (κ3) is 1.04. The first-order valence-electron chi connectivity index (χ1n) is 4.68. The molecule has 1 fully saturated rings. The summed E-state index contributed by atoms with van der Waals surface area (Å²) in [5.41, 5.74) is 1.41. The Balaban J connectivity index is 2.15. The van der Waals surface area contributed by atoms with Gasteiger partial charge in [0, 0.05) is 31.4 Å². The van der Waals surface area contributed by atoms with E-state index in [1.807, 2.05) is 12.4 Å². The van der Waals surface area contributed by atoms with E-state index < -0.39 is 0 Å². The van der Waals surface area contributed by atoms with E-state index in [1.165, 1.54) is 6.07 Å². The van der Waals surface area contributed by atoms with Crippen molar-refractivity contribution in [3.05, 3.63) is 36.0 Å². The Morgan fingerprint density at radius 2 is 2.36 bits per heavy atom. The van der Waals surface area contributed by atoms with Crippen LogP contribution in [0.25, 0.3) is 5.65 Å². The van der Waals surface area contributed by atoms with Crippen LogP contribution in [0.3, 0.4) is 0 Å². The molecule has 3 nitrogen and oxygen atoms in total. The van der Waals surface area contributed by atoms with Crippen LogP contribution in [0.1, 0.15) is 11.6 Å². The van der Waals surface area contributed by atoms with Gasteiger partial charge in [0.1, 0.15) is 0 Å². The van der Waals surface area contributed by atoms with Crippen molar-refractivity contribution in [1.82, 2.24) is 14.7 Å². The molecule has 72 valence electrons. The Hall–Kier alpha value is -1.42. The van der Waals surface area contributed by atoms with Crippen LogP contribution in [0.15, 0.2) is 24.5 Å². The van der Waals surface area contributed by atoms with Crippen molar-refractivity contribution in [2.75, 3.05) is 13.1 Å². The van der Waals surface area contributed by atoms with Crippen molar-refractivity contribution in [3.63, 3.8) is 0 Å². The van der Waals surface area contributed by atoms with Gasteiger partial charge in [0.15, 0.2) is 11.5 Å². The summed E-state index contributed by atoms with van der Waals surface area (Å²) in [7, 11) is 0. The number of halogens is 1. The molecule has 0 atom stereocenters. The van der Waals surface area contributed by atoms with E-state index in [1.54, 1.807) is 10.5 Å². The van der Waals surface area contributed by atoms with Crippen LogP contribution in [0.4, 0.5) is 4.39 Å². The Morgan fingerprint density at radius 1 is 1.50 bits per heavy atom. The zero-order valence-corrected chi connectivity index (χ0v) is 7.57. The summed E-state index contributed by atoms with van der Waals surface area (Å²) >= 11 is 0. The van der Waals surface area contributed by atoms with Crippen molar-refractivity contribution in [1.29, 1.82) is 0 Å². The lowest BCUT2D eigenvalue weighted by Crippen LogP contribution is -2.40. The fourth-order valence-corrected chi connectivity index (χ4v) is 1.69. The lowest BCUT2D eigenvalue weighted by atomic mass is 10.0. The number of hydrogen-bond acceptors (Lipinski definition) is 2. The highest BCUT2D eigenvalue weighted by Gasteiger charge is 2.22. The molecule has 1 aliphatic heterocycles. The molecule has 0 bridgehead atoms. The molecule has 1 N–H and O–H groups in total. The molecule has 1 aliphatic rings. The van der Waals surface area contributed by atoms with Gasteiger partial charge in [-0.2, -0.15) is 0 Å². The van der Waals surface area contributed by atoms with E-state index in [0.29, 0.717) is 11.6 Å². The minimum Gasteiger partial charge on any atom is -0.315 e. The first-order chi connectivity index (χ1) is 6.84. The second-order valence-electron chi connectivity index (χ2n) is 3.61. The minimum absolute atomic E-state index is 0.258. The monoisotopic (exact) mass is 191 g/mol. The molecular formula is C10H10FN3. The maximum Gasteiger partial charge on any atom is 0.173 e. The van der Waals surface area contributed by atoms with Crippen molar-refractivity contribution >= 4 is 5.65 Å². The first-order valence-corrected chi connectivity index (χ1v) is 4.68. The Bertz CT molecular complexity index is 473. The molecule has 2 aromatic rings. The predicted molar refractivity (Wildman–Crippen MR) is 50.8 cm³/mol. The fourth-order valence-electron chi connectivity index (χ4n) is 1.69. The van der Waals surface area contributed by atoms with Crippen LogP contribution in [0, 0.1) is 5.82 Å². The van der Waals surface area contributed by atoms with Gasteiger partial charge in [0.05, 0.1) is 5.69 Å². The molecule has 2 aromatic heterocycles. The molecule has 14 heavy (non-hydrogen) atoms. The maximum absolute atomic E-state index is 13.3. The van der Waals surface area contributed by atoms with Crippen LogP contribution in [-0.2, 0) is 0 Å². The smallest absolute Gasteiger partial charge is 0.173 e. The van der Waals surface area contributed by atoms with E-state index in [9.17, 15) is 4.39 Å². The maximum atomic E-state index is 13.3. The summed E-state index contributed by atoms with van der Waals surface area (Å²) in [5, 5.41) is 3.18. The van der Waals surface area contributed by atoms with E-state index >= 15 is 0 Å². The number of rotatable bonds is 1. The number of aromatic nitrogens is 2. The molecule has 4 heteroatoms. The lowest BCUT2D eigenvalue weighted by molar-refractivity contribution is 0.441. The van der Waals surface area contributed by atoms with Gasteiger partial charge in [0.2, 0.25) is 0 Å². The summed E-state index contributed by atoms with van der Waals surface area (Å²) in [4.78, 5) is 4.28. The van der Waals surface area contributed by atoms with Crippen molar-refractivity contribution < 1.29 is 4.39 Å². The third-order valence-corrected chi connectivity index (χ3v) is 2.65. The molecule has 0 spiro atoms. The molecular weight excluding hydrogens is 181 g/mol. The van der Waals surface area contributed by atoms with Gasteiger partial charge in [-0.15, -0.1) is 0 Å². The van der Waals surface area contributed by atoms with Crippen LogP contribution in [0.2, 0.25) is 0 Å². The molecule has 3 rings (SSSR count). The summed E-state index contributed by atoms with van der Waals surface area (Å²) in [6, 6.07) is 3.12. The summed E-state index contributed by atoms with van der Waals surface area (Å²) in [6.07, 6.45) is 3.73. The average Bonchev–Trinajstić information content (AvgIpc) is 2.46. The molecule has 0 saturated carbocycles. The summed E-state index contributed by atoms with van der Waals surface area (Å²) in [6.45, 7) is 1.90. The molecule has 0 amide bonds. The topological polar surface area (TPSA) is 29.3 Å². The van der Waals surface area contributed by atoms with Crippen LogP contribution < -0.4 is 5.32 Å². The van der Waals surface area contributed by atoms with Gasteiger partial charge in [-0.3, -0.25) is 0 Å². The molecule has 1 saturated heterocycles. The third-order valence-electron chi connectivity index (χ3n) is 2.65. The minimum atomic E-state index is -0.258. The standard InChI is InChI=1S/C10H10FN3/c11-8-2-1-3-14-6-9(13-10(8)14)7-4-12-5-7/h1-3,6-7,12H,4-5H2. The number of fused-ring (bicyclic) bond motifs is 1. The zero-order valence-electron chi connectivity index (χ0n) is 7.57. The summed E-state index contributed by atoms with van der Waals surface area (Å²) in [5.74, 6) is 0.195. The number of nitrogens with one attached hydrogen (secondary N) is 1. The second-order valence-corrected chi connectivity index (χ2v) is 3.61. The van der Waals surface area contributed by atoms with Gasteiger partial charge in [-0.1, -0.05) is 0 Å². The quantitative estimate of drug-likeness (QED) is 0.733. The van der Waals surface area contributed by atoms with E-state index in [4.69, 9.17) is 0 Å². The van der Waals surface area contributed by atoms with Crippen LogP contribution >= 0.6 is 0 Å². The SMILES string of the molecule is Fc1cccn2cc(C3CNC3)nc12. The fraction of sp³-hybridized carbons (Fsp3) is 0.300. The lowest BCUT2D eigenvalue weighted by Gasteiger charge is -2.24. The Kier molecular flexibility index (Phi) is 1.58. The summed E-state index contributed by atoms with van der Waals surface area (Å²) < 4.78 is 15.0. The number of nitrogens with zero attached hydrogens (tertiary/aromatic N) is 2. The Morgan fingerprint density at radius 3 is 3.00 bits per heavy atom. The molecule has 3 heterocycles. The number of pyridine rings is 1. The molecule has 0 aliphatic carbocycles. The van der Waals surface area contributed by atoms with E-state index in [-0.39, 0.29) is 5.82 Å². The first kappa shape index (κ1) is 7.94. The zero-order chi connectivity index (χ0) is 9.54. The van der Waals surface area contributed by atoms with Crippen LogP contribution in [-0.4, -0.2) is 22.5 Å². The van der Waals surface area contributed by atoms with E-state index in [0.717, 1.165) is 18.8 Å². The van der Waals surface area contributed by atoms with Gasteiger partial charge >= 0.3 is 0 Å². The second kappa shape index (κ2) is 2.78. The highest BCUT2D eigenvalue weighted by atomic mass is 19.1. The van der Waals surface area contributed by atoms with Gasteiger partial charge in [0.25, 0.3) is 0 Å². The van der Waals surface area contributed by atoms with Gasteiger partial charge in [-0.05, 0) is 12.1 Å². The van der Waals surface area contributed by atoms with Crippen LogP contribution in [0.5, 0.6) is 0 Å². The highest BCUT2D eigenvalue weighted by Crippen LogP contribution is 2.20. The number of hydrogen-bond donors (Lipinski definition) is 1. The van der Waals surface area contributed by atoms with Crippen molar-refractivity contribution in [2.45, 2.75) is 5.92 Å². The molecule has 0 unspecified atom stereocenters. The molecule has 0 aromatic carbocycles. The number of imidazole rings is 1. The Labute approximate surface area is 80.6 Å². The van der Waals surface area contributed by atoms with E-state index in [2.05, 4.69) is 10.3 Å². The largest absolute Gasteiger partial charge is 0.315 e.